The lowest BCUT2D eigenvalue weighted by atomic mass is 9.96. The molecule has 33 heavy (non-hydrogen) atoms. The van der Waals surface area contributed by atoms with Crippen LogP contribution in [0.25, 0.3) is 22.4 Å². The zero-order chi connectivity index (χ0) is 23.8. The summed E-state index contributed by atoms with van der Waals surface area (Å²) in [5.74, 6) is -1.18. The summed E-state index contributed by atoms with van der Waals surface area (Å²) in [6.07, 6.45) is -2.11. The molecule has 4 rings (SSSR count). The van der Waals surface area contributed by atoms with Gasteiger partial charge in [0.05, 0.1) is 17.2 Å². The second kappa shape index (κ2) is 9.31. The van der Waals surface area contributed by atoms with Crippen molar-refractivity contribution in [3.05, 3.63) is 74.8 Å². The SMILES string of the molecule is Cc1[nH]c(C)c(-c2ccc(-c3ccc(CN4CCC(C(F)(F)F)CC4)cc3)nc2)c(=O)c1Cl. The van der Waals surface area contributed by atoms with Crippen LogP contribution in [-0.4, -0.2) is 34.1 Å². The third-order valence-electron chi connectivity index (χ3n) is 6.26. The molecule has 0 amide bonds. The van der Waals surface area contributed by atoms with Gasteiger partial charge in [0.2, 0.25) is 5.43 Å². The number of piperidine rings is 1. The highest BCUT2D eigenvalue weighted by Crippen LogP contribution is 2.34. The fourth-order valence-corrected chi connectivity index (χ4v) is 4.51. The van der Waals surface area contributed by atoms with E-state index in [-0.39, 0.29) is 23.3 Å². The van der Waals surface area contributed by atoms with Gasteiger partial charge in [0, 0.05) is 35.3 Å². The number of benzene rings is 1. The van der Waals surface area contributed by atoms with Gasteiger partial charge in [0.15, 0.2) is 0 Å². The molecule has 8 heteroatoms. The van der Waals surface area contributed by atoms with E-state index in [9.17, 15) is 18.0 Å². The van der Waals surface area contributed by atoms with Gasteiger partial charge in [-0.25, -0.2) is 0 Å². The molecule has 0 aliphatic carbocycles. The Bertz CT molecular complexity index is 1180. The second-order valence-electron chi connectivity index (χ2n) is 8.61. The fraction of sp³-hybridized carbons (Fsp3) is 0.360. The number of likely N-dealkylation sites (tertiary alicyclic amines) is 1. The van der Waals surface area contributed by atoms with Gasteiger partial charge in [0.25, 0.3) is 0 Å². The van der Waals surface area contributed by atoms with Crippen molar-refractivity contribution in [2.45, 2.75) is 39.4 Å². The number of alkyl halides is 3. The largest absolute Gasteiger partial charge is 0.391 e. The third-order valence-corrected chi connectivity index (χ3v) is 6.72. The standard InChI is InChI=1S/C25H25ClF3N3O/c1-15-22(24(33)23(26)16(2)31-15)19-7-8-21(30-13-19)18-5-3-17(4-6-18)14-32-11-9-20(10-12-32)25(27,28)29/h3-8,13,20H,9-12,14H2,1-2H3,(H,31,33). The van der Waals surface area contributed by atoms with Gasteiger partial charge >= 0.3 is 6.18 Å². The molecule has 0 unspecified atom stereocenters. The fourth-order valence-electron chi connectivity index (χ4n) is 4.37. The minimum atomic E-state index is -4.09. The van der Waals surface area contributed by atoms with Gasteiger partial charge in [-0.05, 0) is 51.4 Å². The molecule has 0 radical (unpaired) electrons. The predicted molar refractivity (Wildman–Crippen MR) is 124 cm³/mol. The molecule has 0 spiro atoms. The zero-order valence-corrected chi connectivity index (χ0v) is 19.2. The van der Waals surface area contributed by atoms with E-state index in [1.54, 1.807) is 13.1 Å². The van der Waals surface area contributed by atoms with Crippen LogP contribution in [-0.2, 0) is 6.54 Å². The molecule has 1 aliphatic rings. The lowest BCUT2D eigenvalue weighted by molar-refractivity contribution is -0.185. The topological polar surface area (TPSA) is 49.0 Å². The van der Waals surface area contributed by atoms with E-state index in [0.717, 1.165) is 22.5 Å². The molecule has 1 N–H and O–H groups in total. The number of H-pyrrole nitrogens is 1. The van der Waals surface area contributed by atoms with Crippen LogP contribution in [0.4, 0.5) is 13.2 Å². The van der Waals surface area contributed by atoms with E-state index in [1.165, 1.54) is 0 Å². The molecule has 1 saturated heterocycles. The summed E-state index contributed by atoms with van der Waals surface area (Å²) in [5, 5.41) is 0.179. The van der Waals surface area contributed by atoms with Crippen molar-refractivity contribution >= 4 is 11.6 Å². The maximum Gasteiger partial charge on any atom is 0.391 e. The first-order chi connectivity index (χ1) is 15.6. The third kappa shape index (κ3) is 5.14. The van der Waals surface area contributed by atoms with Crippen molar-refractivity contribution in [1.29, 1.82) is 0 Å². The number of nitrogens with one attached hydrogen (secondary N) is 1. The number of hydrogen-bond donors (Lipinski definition) is 1. The first kappa shape index (κ1) is 23.5. The molecule has 1 fully saturated rings. The number of aromatic nitrogens is 2. The van der Waals surface area contributed by atoms with Gasteiger partial charge in [-0.1, -0.05) is 41.9 Å². The highest BCUT2D eigenvalue weighted by Gasteiger charge is 2.40. The zero-order valence-electron chi connectivity index (χ0n) is 18.5. The van der Waals surface area contributed by atoms with Crippen molar-refractivity contribution in [2.24, 2.45) is 5.92 Å². The molecule has 1 aromatic carbocycles. The minimum Gasteiger partial charge on any atom is -0.361 e. The Morgan fingerprint density at radius 3 is 2.24 bits per heavy atom. The summed E-state index contributed by atoms with van der Waals surface area (Å²) < 4.78 is 38.5. The number of pyridine rings is 2. The summed E-state index contributed by atoms with van der Waals surface area (Å²) in [4.78, 5) is 22.3. The monoisotopic (exact) mass is 475 g/mol. The summed E-state index contributed by atoms with van der Waals surface area (Å²) in [6, 6.07) is 11.6. The van der Waals surface area contributed by atoms with Crippen molar-refractivity contribution in [3.63, 3.8) is 0 Å². The van der Waals surface area contributed by atoms with E-state index in [1.807, 2.05) is 43.3 Å². The van der Waals surface area contributed by atoms with Crippen LogP contribution in [0.5, 0.6) is 0 Å². The molecule has 3 heterocycles. The Kier molecular flexibility index (Phi) is 6.64. The molecule has 0 atom stereocenters. The van der Waals surface area contributed by atoms with Crippen molar-refractivity contribution < 1.29 is 13.2 Å². The van der Waals surface area contributed by atoms with Gasteiger partial charge in [-0.3, -0.25) is 14.7 Å². The van der Waals surface area contributed by atoms with E-state index >= 15 is 0 Å². The molecule has 0 saturated carbocycles. The van der Waals surface area contributed by atoms with Crippen LogP contribution in [0, 0.1) is 19.8 Å². The number of nitrogens with zero attached hydrogens (tertiary/aromatic N) is 2. The van der Waals surface area contributed by atoms with Crippen LogP contribution < -0.4 is 5.43 Å². The number of aryl methyl sites for hydroxylation is 2. The van der Waals surface area contributed by atoms with E-state index < -0.39 is 12.1 Å². The average molecular weight is 476 g/mol. The first-order valence-electron chi connectivity index (χ1n) is 10.9. The molecular weight excluding hydrogens is 451 g/mol. The second-order valence-corrected chi connectivity index (χ2v) is 8.99. The molecular formula is C25H25ClF3N3O. The van der Waals surface area contributed by atoms with Gasteiger partial charge in [-0.15, -0.1) is 0 Å². The van der Waals surface area contributed by atoms with Crippen LogP contribution in [0.3, 0.4) is 0 Å². The van der Waals surface area contributed by atoms with Crippen LogP contribution >= 0.6 is 11.6 Å². The lowest BCUT2D eigenvalue weighted by Gasteiger charge is -2.32. The number of hydrogen-bond acceptors (Lipinski definition) is 3. The highest BCUT2D eigenvalue weighted by atomic mass is 35.5. The molecule has 0 bridgehead atoms. The van der Waals surface area contributed by atoms with E-state index in [2.05, 4.69) is 14.9 Å². The Balaban J connectivity index is 1.44. The summed E-state index contributed by atoms with van der Waals surface area (Å²) in [5.41, 5.74) is 5.10. The Morgan fingerprint density at radius 2 is 1.67 bits per heavy atom. The minimum absolute atomic E-state index is 0.159. The maximum atomic E-state index is 12.8. The molecule has 2 aromatic heterocycles. The van der Waals surface area contributed by atoms with Gasteiger partial charge in [-0.2, -0.15) is 13.2 Å². The normalized spacial score (nSPS) is 15.7. The first-order valence-corrected chi connectivity index (χ1v) is 11.2. The quantitative estimate of drug-likeness (QED) is 0.492. The van der Waals surface area contributed by atoms with Crippen molar-refractivity contribution in [2.75, 3.05) is 13.1 Å². The Hall–Kier alpha value is -2.64. The number of halogens is 4. The smallest absolute Gasteiger partial charge is 0.361 e. The van der Waals surface area contributed by atoms with Gasteiger partial charge in [0.1, 0.15) is 5.02 Å². The lowest BCUT2D eigenvalue weighted by Crippen LogP contribution is -2.38. The number of rotatable bonds is 4. The molecule has 1 aliphatic heterocycles. The van der Waals surface area contributed by atoms with E-state index in [0.29, 0.717) is 36.5 Å². The maximum absolute atomic E-state index is 12.8. The summed E-state index contributed by atoms with van der Waals surface area (Å²) in [7, 11) is 0. The Morgan fingerprint density at radius 1 is 1.03 bits per heavy atom. The summed E-state index contributed by atoms with van der Waals surface area (Å²) >= 11 is 6.13. The predicted octanol–water partition coefficient (Wildman–Crippen LogP) is 6.15. The van der Waals surface area contributed by atoms with Crippen molar-refractivity contribution in [3.8, 4) is 22.4 Å². The average Bonchev–Trinajstić information content (AvgIpc) is 2.78. The summed E-state index contributed by atoms with van der Waals surface area (Å²) in [6.45, 7) is 5.13. The van der Waals surface area contributed by atoms with Crippen LogP contribution in [0.2, 0.25) is 5.02 Å². The van der Waals surface area contributed by atoms with Crippen molar-refractivity contribution in [1.82, 2.24) is 14.9 Å². The van der Waals surface area contributed by atoms with E-state index in [4.69, 9.17) is 11.6 Å². The van der Waals surface area contributed by atoms with Gasteiger partial charge < -0.3 is 4.98 Å². The molecule has 4 nitrogen and oxygen atoms in total. The molecule has 3 aromatic rings. The van der Waals surface area contributed by atoms with Crippen LogP contribution in [0.1, 0.15) is 29.8 Å². The Labute approximate surface area is 195 Å². The molecule has 174 valence electrons. The van der Waals surface area contributed by atoms with Crippen LogP contribution in [0.15, 0.2) is 47.4 Å². The number of aromatic amines is 1. The highest BCUT2D eigenvalue weighted by molar-refractivity contribution is 6.31.